The quantitative estimate of drug-likeness (QED) is 0.380. The number of ether oxygens (including phenoxy) is 1. The molecule has 1 unspecified atom stereocenters. The summed E-state index contributed by atoms with van der Waals surface area (Å²) >= 11 is 0. The monoisotopic (exact) mass is 452 g/mol. The Kier molecular flexibility index (Phi) is 6.63. The number of hydrogen-bond donors (Lipinski definition) is 0. The molecule has 1 atom stereocenters. The fourth-order valence-electron chi connectivity index (χ4n) is 2.94. The van der Waals surface area contributed by atoms with E-state index in [-0.39, 0.29) is 5.56 Å². The van der Waals surface area contributed by atoms with Gasteiger partial charge in [-0.1, -0.05) is 48.2 Å². The number of para-hydroxylation sites is 1. The Morgan fingerprint density at radius 2 is 1.42 bits per heavy atom. The predicted octanol–water partition coefficient (Wildman–Crippen LogP) is 5.57. The maximum Gasteiger partial charge on any atom is 0.286 e. The molecule has 3 aromatic carbocycles. The van der Waals surface area contributed by atoms with Crippen molar-refractivity contribution in [1.29, 1.82) is 0 Å². The molecule has 0 bridgehead atoms. The molecule has 0 aliphatic carbocycles. The molecule has 6 heteroatoms. The van der Waals surface area contributed by atoms with Crippen molar-refractivity contribution in [1.82, 2.24) is 4.98 Å². The highest BCUT2D eigenvalue weighted by molar-refractivity contribution is 7.93. The average Bonchev–Trinajstić information content (AvgIpc) is 2.85. The molecule has 0 aliphatic rings. The minimum atomic E-state index is -2.85. The topological polar surface area (TPSA) is 68.6 Å². The molecule has 33 heavy (non-hydrogen) atoms. The average molecular weight is 453 g/mol. The van der Waals surface area contributed by atoms with E-state index in [1.165, 1.54) is 12.5 Å². The summed E-state index contributed by atoms with van der Waals surface area (Å²) in [5.41, 5.74) is 1.58. The standard InChI is InChI=1S/C27H20N2O3S/c1-33(31,26-10-6-3-7-11-26)29-27(30)23-18-22(19-28-20-23)13-12-21-14-16-25(17-15-21)32-24-8-4-2-5-9-24/h2-11,14-20H,1H3. The van der Waals surface area contributed by atoms with Crippen molar-refractivity contribution in [3.05, 3.63) is 120 Å². The number of benzene rings is 3. The SMILES string of the molecule is CS(=O)(=NC(=O)c1cncc(C#Cc2ccc(Oc3ccccc3)cc2)c1)c1ccccc1. The van der Waals surface area contributed by atoms with E-state index < -0.39 is 15.6 Å². The van der Waals surface area contributed by atoms with Gasteiger partial charge in [-0.15, -0.1) is 0 Å². The first-order valence-corrected chi connectivity index (χ1v) is 12.0. The van der Waals surface area contributed by atoms with Crippen LogP contribution in [0.3, 0.4) is 0 Å². The summed E-state index contributed by atoms with van der Waals surface area (Å²) in [6.07, 6.45) is 4.41. The van der Waals surface area contributed by atoms with E-state index in [1.54, 1.807) is 36.5 Å². The van der Waals surface area contributed by atoms with E-state index >= 15 is 0 Å². The third kappa shape index (κ3) is 5.94. The lowest BCUT2D eigenvalue weighted by Crippen LogP contribution is -2.04. The van der Waals surface area contributed by atoms with E-state index in [9.17, 15) is 9.00 Å². The molecule has 5 nitrogen and oxygen atoms in total. The molecule has 1 amide bonds. The second-order valence-electron chi connectivity index (χ2n) is 7.16. The molecule has 0 aliphatic heterocycles. The Balaban J connectivity index is 1.49. The number of hydrogen-bond acceptors (Lipinski definition) is 4. The number of nitrogens with zero attached hydrogens (tertiary/aromatic N) is 2. The van der Waals surface area contributed by atoms with Crippen LogP contribution in [-0.2, 0) is 9.73 Å². The van der Waals surface area contributed by atoms with Crippen molar-refractivity contribution < 1.29 is 13.7 Å². The molecule has 0 spiro atoms. The molecular weight excluding hydrogens is 432 g/mol. The van der Waals surface area contributed by atoms with Gasteiger partial charge in [0, 0.05) is 34.7 Å². The van der Waals surface area contributed by atoms with Gasteiger partial charge >= 0.3 is 0 Å². The molecule has 0 fully saturated rings. The predicted molar refractivity (Wildman–Crippen MR) is 129 cm³/mol. The van der Waals surface area contributed by atoms with Crippen LogP contribution < -0.4 is 4.74 Å². The van der Waals surface area contributed by atoms with Gasteiger partial charge in [-0.2, -0.15) is 4.36 Å². The lowest BCUT2D eigenvalue weighted by molar-refractivity contribution is 0.100. The second kappa shape index (κ2) is 9.94. The summed E-state index contributed by atoms with van der Waals surface area (Å²) in [5, 5.41) is 0. The maximum atomic E-state index is 12.9. The molecule has 0 saturated carbocycles. The van der Waals surface area contributed by atoms with E-state index in [1.807, 2.05) is 60.7 Å². The van der Waals surface area contributed by atoms with Crippen LogP contribution in [0.15, 0.2) is 113 Å². The third-order valence-electron chi connectivity index (χ3n) is 4.61. The Morgan fingerprint density at radius 3 is 2.12 bits per heavy atom. The molecule has 0 radical (unpaired) electrons. The minimum Gasteiger partial charge on any atom is -0.457 e. The largest absolute Gasteiger partial charge is 0.457 e. The van der Waals surface area contributed by atoms with Crippen molar-refractivity contribution >= 4 is 15.6 Å². The van der Waals surface area contributed by atoms with Gasteiger partial charge < -0.3 is 4.74 Å². The molecule has 4 rings (SSSR count). The third-order valence-corrected chi connectivity index (χ3v) is 6.27. The first kappa shape index (κ1) is 22.0. The van der Waals surface area contributed by atoms with Gasteiger partial charge in [0.2, 0.25) is 0 Å². The van der Waals surface area contributed by atoms with Crippen LogP contribution in [0.1, 0.15) is 21.5 Å². The van der Waals surface area contributed by atoms with Gasteiger partial charge in [0.05, 0.1) is 15.3 Å². The summed E-state index contributed by atoms with van der Waals surface area (Å²) in [6.45, 7) is 0. The molecule has 0 saturated heterocycles. The molecule has 4 aromatic rings. The van der Waals surface area contributed by atoms with Crippen LogP contribution in [0, 0.1) is 11.8 Å². The lowest BCUT2D eigenvalue weighted by Gasteiger charge is -2.04. The number of carbonyl (C=O) groups excluding carboxylic acids is 1. The number of pyridine rings is 1. The van der Waals surface area contributed by atoms with Gasteiger partial charge in [0.25, 0.3) is 5.91 Å². The Bertz CT molecular complexity index is 1450. The molecule has 1 heterocycles. The van der Waals surface area contributed by atoms with Crippen molar-refractivity contribution in [2.24, 2.45) is 4.36 Å². The highest BCUT2D eigenvalue weighted by atomic mass is 32.2. The van der Waals surface area contributed by atoms with Gasteiger partial charge in [-0.3, -0.25) is 9.78 Å². The number of rotatable bonds is 4. The first-order chi connectivity index (χ1) is 16.0. The van der Waals surface area contributed by atoms with Crippen molar-refractivity contribution in [2.75, 3.05) is 6.26 Å². The van der Waals surface area contributed by atoms with Crippen molar-refractivity contribution in [3.63, 3.8) is 0 Å². The van der Waals surface area contributed by atoms with Gasteiger partial charge in [0.1, 0.15) is 11.5 Å². The van der Waals surface area contributed by atoms with Crippen LogP contribution in [0.5, 0.6) is 11.5 Å². The smallest absolute Gasteiger partial charge is 0.286 e. The van der Waals surface area contributed by atoms with E-state index in [4.69, 9.17) is 4.74 Å². The van der Waals surface area contributed by atoms with Crippen LogP contribution in [0.2, 0.25) is 0 Å². The van der Waals surface area contributed by atoms with E-state index in [2.05, 4.69) is 21.2 Å². The Hall–Kier alpha value is -4.21. The normalized spacial score (nSPS) is 12.0. The zero-order valence-corrected chi connectivity index (χ0v) is 18.7. The minimum absolute atomic E-state index is 0.235. The van der Waals surface area contributed by atoms with Crippen LogP contribution >= 0.6 is 0 Å². The second-order valence-corrected chi connectivity index (χ2v) is 9.42. The fraction of sp³-hybridized carbons (Fsp3) is 0.0370. The Labute approximate surface area is 193 Å². The van der Waals surface area contributed by atoms with E-state index in [0.717, 1.165) is 11.3 Å². The summed E-state index contributed by atoms with van der Waals surface area (Å²) in [6, 6.07) is 27.2. The summed E-state index contributed by atoms with van der Waals surface area (Å²) < 4.78 is 22.6. The van der Waals surface area contributed by atoms with Gasteiger partial charge in [-0.25, -0.2) is 4.21 Å². The number of aromatic nitrogens is 1. The highest BCUT2D eigenvalue weighted by Gasteiger charge is 2.11. The lowest BCUT2D eigenvalue weighted by atomic mass is 10.1. The zero-order chi connectivity index (χ0) is 23.1. The summed E-state index contributed by atoms with van der Waals surface area (Å²) in [4.78, 5) is 17.2. The molecule has 0 N–H and O–H groups in total. The maximum absolute atomic E-state index is 12.9. The number of carbonyl (C=O) groups is 1. The Morgan fingerprint density at radius 1 is 0.818 bits per heavy atom. The van der Waals surface area contributed by atoms with Gasteiger partial charge in [-0.05, 0) is 54.6 Å². The van der Waals surface area contributed by atoms with E-state index in [0.29, 0.717) is 16.2 Å². The van der Waals surface area contributed by atoms with Crippen LogP contribution in [-0.4, -0.2) is 21.4 Å². The molecule has 162 valence electrons. The van der Waals surface area contributed by atoms with Crippen LogP contribution in [0.4, 0.5) is 0 Å². The fourth-order valence-corrected chi connectivity index (χ4v) is 4.13. The van der Waals surface area contributed by atoms with Crippen molar-refractivity contribution in [2.45, 2.75) is 4.90 Å². The zero-order valence-electron chi connectivity index (χ0n) is 17.8. The van der Waals surface area contributed by atoms with Crippen molar-refractivity contribution in [3.8, 4) is 23.3 Å². The van der Waals surface area contributed by atoms with Gasteiger partial charge in [0.15, 0.2) is 0 Å². The molecular formula is C27H20N2O3S. The first-order valence-electron chi connectivity index (χ1n) is 10.1. The number of amides is 1. The summed E-state index contributed by atoms with van der Waals surface area (Å²) in [7, 11) is -2.85. The summed E-state index contributed by atoms with van der Waals surface area (Å²) in [5.74, 6) is 6.93. The molecule has 1 aromatic heterocycles. The van der Waals surface area contributed by atoms with Crippen LogP contribution in [0.25, 0.3) is 0 Å². The highest BCUT2D eigenvalue weighted by Crippen LogP contribution is 2.21.